The van der Waals surface area contributed by atoms with Crippen molar-refractivity contribution in [1.29, 1.82) is 0 Å². The van der Waals surface area contributed by atoms with E-state index in [-0.39, 0.29) is 17.2 Å². The van der Waals surface area contributed by atoms with E-state index in [2.05, 4.69) is 9.71 Å². The van der Waals surface area contributed by atoms with Crippen LogP contribution in [0, 0.1) is 0 Å². The predicted octanol–water partition coefficient (Wildman–Crippen LogP) is 4.20. The molecule has 2 aromatic heterocycles. The molecule has 1 aliphatic rings. The lowest BCUT2D eigenvalue weighted by Crippen LogP contribution is -2.24. The van der Waals surface area contributed by atoms with Crippen LogP contribution in [0.15, 0.2) is 53.6 Å². The van der Waals surface area contributed by atoms with Gasteiger partial charge in [0.1, 0.15) is 10.6 Å². The van der Waals surface area contributed by atoms with Gasteiger partial charge in [-0.3, -0.25) is 9.67 Å². The Hall–Kier alpha value is -2.42. The van der Waals surface area contributed by atoms with E-state index in [0.717, 1.165) is 24.2 Å². The quantitative estimate of drug-likeness (QED) is 0.587. The summed E-state index contributed by atoms with van der Waals surface area (Å²) in [5.74, 6) is 0.234. The summed E-state index contributed by atoms with van der Waals surface area (Å²) in [6.45, 7) is 0.0531. The second-order valence-electron chi connectivity index (χ2n) is 7.24. The van der Waals surface area contributed by atoms with E-state index in [9.17, 15) is 8.42 Å². The molecule has 9 heteroatoms. The number of pyridine rings is 1. The zero-order valence-corrected chi connectivity index (χ0v) is 18.2. The fourth-order valence-corrected chi connectivity index (χ4v) is 5.20. The third kappa shape index (κ3) is 4.35. The Balaban J connectivity index is 1.62. The molecule has 2 heterocycles. The first kappa shape index (κ1) is 20.8. The smallest absolute Gasteiger partial charge is 0.244 e. The van der Waals surface area contributed by atoms with Crippen molar-refractivity contribution >= 4 is 21.6 Å². The van der Waals surface area contributed by atoms with Gasteiger partial charge in [0.15, 0.2) is 0 Å². The Bertz CT molecular complexity index is 1130. The van der Waals surface area contributed by atoms with Crippen LogP contribution in [-0.4, -0.2) is 30.3 Å². The van der Waals surface area contributed by atoms with Gasteiger partial charge in [-0.2, -0.15) is 5.10 Å². The molecule has 30 heavy (non-hydrogen) atoms. The van der Waals surface area contributed by atoms with E-state index in [4.69, 9.17) is 21.4 Å². The Morgan fingerprint density at radius 1 is 1.20 bits per heavy atom. The minimum atomic E-state index is -3.84. The summed E-state index contributed by atoms with van der Waals surface area (Å²) in [5, 5.41) is 5.04. The van der Waals surface area contributed by atoms with Gasteiger partial charge in [0.05, 0.1) is 36.8 Å². The molecule has 0 aliphatic heterocycles. The van der Waals surface area contributed by atoms with Crippen molar-refractivity contribution in [1.82, 2.24) is 19.5 Å². The molecule has 0 amide bonds. The highest BCUT2D eigenvalue weighted by atomic mass is 35.5. The van der Waals surface area contributed by atoms with Crippen LogP contribution in [0.3, 0.4) is 0 Å². The standard InChI is InChI=1S/C21H23ClN4O3S/c1-29-20-10-9-15(22)12-21(20)30(27,28)24-14-16-13-19(18-8-4-5-11-23-18)26(25-16)17-6-2-3-7-17/h4-5,8-13,17,24H,2-3,6-7,14H2,1H3. The van der Waals surface area contributed by atoms with Crippen molar-refractivity contribution in [2.45, 2.75) is 43.2 Å². The lowest BCUT2D eigenvalue weighted by atomic mass is 10.2. The molecule has 0 saturated heterocycles. The van der Waals surface area contributed by atoms with Gasteiger partial charge >= 0.3 is 0 Å². The normalized spacial score (nSPS) is 14.9. The van der Waals surface area contributed by atoms with Gasteiger partial charge in [-0.15, -0.1) is 0 Å². The second-order valence-corrected chi connectivity index (χ2v) is 9.41. The van der Waals surface area contributed by atoms with Gasteiger partial charge in [0.25, 0.3) is 0 Å². The Morgan fingerprint density at radius 3 is 2.70 bits per heavy atom. The fraction of sp³-hybridized carbons (Fsp3) is 0.333. The first-order chi connectivity index (χ1) is 14.5. The number of hydrogen-bond acceptors (Lipinski definition) is 5. The molecule has 7 nitrogen and oxygen atoms in total. The van der Waals surface area contributed by atoms with Gasteiger partial charge < -0.3 is 4.74 Å². The molecular weight excluding hydrogens is 424 g/mol. The van der Waals surface area contributed by atoms with Gasteiger partial charge in [-0.05, 0) is 49.2 Å². The monoisotopic (exact) mass is 446 g/mol. The summed E-state index contributed by atoms with van der Waals surface area (Å²) in [5.41, 5.74) is 2.35. The van der Waals surface area contributed by atoms with Gasteiger partial charge in [0, 0.05) is 11.2 Å². The molecule has 3 aromatic rings. The maximum absolute atomic E-state index is 12.9. The number of benzene rings is 1. The number of aromatic nitrogens is 3. The number of nitrogens with one attached hydrogen (secondary N) is 1. The molecule has 0 bridgehead atoms. The van der Waals surface area contributed by atoms with Crippen LogP contribution < -0.4 is 9.46 Å². The van der Waals surface area contributed by atoms with Crippen LogP contribution in [-0.2, 0) is 16.6 Å². The maximum Gasteiger partial charge on any atom is 0.244 e. The van der Waals surface area contributed by atoms with Gasteiger partial charge in [-0.1, -0.05) is 30.5 Å². The fourth-order valence-electron chi connectivity index (χ4n) is 3.77. The Kier molecular flexibility index (Phi) is 6.08. The average Bonchev–Trinajstić information content (AvgIpc) is 3.43. The van der Waals surface area contributed by atoms with Crippen LogP contribution >= 0.6 is 11.6 Å². The molecule has 0 radical (unpaired) electrons. The largest absolute Gasteiger partial charge is 0.495 e. The van der Waals surface area contributed by atoms with Gasteiger partial charge in [-0.25, -0.2) is 13.1 Å². The summed E-state index contributed by atoms with van der Waals surface area (Å²) in [6.07, 6.45) is 6.21. The predicted molar refractivity (Wildman–Crippen MR) is 115 cm³/mol. The highest BCUT2D eigenvalue weighted by Gasteiger charge is 2.24. The van der Waals surface area contributed by atoms with Crippen LogP contribution in [0.4, 0.5) is 0 Å². The van der Waals surface area contributed by atoms with E-state index >= 15 is 0 Å². The first-order valence-electron chi connectivity index (χ1n) is 9.81. The Labute approximate surface area is 181 Å². The summed E-state index contributed by atoms with van der Waals surface area (Å²) >= 11 is 5.99. The SMILES string of the molecule is COc1ccc(Cl)cc1S(=O)(=O)NCc1cc(-c2ccccn2)n(C2CCCC2)n1. The third-order valence-corrected chi connectivity index (χ3v) is 6.90. The van der Waals surface area contributed by atoms with Crippen LogP contribution in [0.1, 0.15) is 37.4 Å². The Morgan fingerprint density at radius 2 is 2.00 bits per heavy atom. The van der Waals surface area contributed by atoms with E-state index in [1.165, 1.54) is 32.1 Å². The van der Waals surface area contributed by atoms with Crippen molar-refractivity contribution in [2.24, 2.45) is 0 Å². The van der Waals surface area contributed by atoms with E-state index in [0.29, 0.717) is 16.8 Å². The number of sulfonamides is 1. The number of nitrogens with zero attached hydrogens (tertiary/aromatic N) is 3. The van der Waals surface area contributed by atoms with Crippen molar-refractivity contribution < 1.29 is 13.2 Å². The summed E-state index contributed by atoms with van der Waals surface area (Å²) in [4.78, 5) is 4.45. The molecule has 0 atom stereocenters. The maximum atomic E-state index is 12.9. The summed E-state index contributed by atoms with van der Waals surface area (Å²) in [7, 11) is -2.41. The molecule has 158 valence electrons. The molecule has 1 aliphatic carbocycles. The van der Waals surface area contributed by atoms with Gasteiger partial charge in [0.2, 0.25) is 10.0 Å². The molecule has 0 unspecified atom stereocenters. The zero-order chi connectivity index (χ0) is 21.1. The van der Waals surface area contributed by atoms with Crippen molar-refractivity contribution in [3.63, 3.8) is 0 Å². The number of methoxy groups -OCH3 is 1. The average molecular weight is 447 g/mol. The number of halogens is 1. The number of ether oxygens (including phenoxy) is 1. The molecule has 4 rings (SSSR count). The lowest BCUT2D eigenvalue weighted by Gasteiger charge is -2.13. The number of rotatable bonds is 7. The molecular formula is C21H23ClN4O3S. The van der Waals surface area contributed by atoms with Crippen LogP contribution in [0.5, 0.6) is 5.75 Å². The van der Waals surface area contributed by atoms with Crippen molar-refractivity contribution in [3.05, 3.63) is 59.4 Å². The summed E-state index contributed by atoms with van der Waals surface area (Å²) < 4.78 is 35.5. The van der Waals surface area contributed by atoms with E-state index < -0.39 is 10.0 Å². The van der Waals surface area contributed by atoms with Crippen molar-refractivity contribution in [3.8, 4) is 17.1 Å². The van der Waals surface area contributed by atoms with E-state index in [1.54, 1.807) is 12.3 Å². The molecule has 0 spiro atoms. The first-order valence-corrected chi connectivity index (χ1v) is 11.7. The molecule has 1 N–H and O–H groups in total. The highest BCUT2D eigenvalue weighted by molar-refractivity contribution is 7.89. The minimum absolute atomic E-state index is 0.00215. The molecule has 1 aromatic carbocycles. The number of hydrogen-bond donors (Lipinski definition) is 1. The highest BCUT2D eigenvalue weighted by Crippen LogP contribution is 2.33. The second kappa shape index (κ2) is 8.75. The van der Waals surface area contributed by atoms with Crippen LogP contribution in [0.2, 0.25) is 5.02 Å². The topological polar surface area (TPSA) is 86.1 Å². The molecule has 1 saturated carbocycles. The van der Waals surface area contributed by atoms with E-state index in [1.807, 2.05) is 28.9 Å². The lowest BCUT2D eigenvalue weighted by molar-refractivity contribution is 0.402. The zero-order valence-electron chi connectivity index (χ0n) is 16.6. The minimum Gasteiger partial charge on any atom is -0.495 e. The van der Waals surface area contributed by atoms with Crippen molar-refractivity contribution in [2.75, 3.05) is 7.11 Å². The molecule has 1 fully saturated rings. The third-order valence-electron chi connectivity index (χ3n) is 5.24. The van der Waals surface area contributed by atoms with Crippen LogP contribution in [0.25, 0.3) is 11.4 Å². The summed E-state index contributed by atoms with van der Waals surface area (Å²) in [6, 6.07) is 12.4.